The van der Waals surface area contributed by atoms with Gasteiger partial charge in [0.2, 0.25) is 15.9 Å². The van der Waals surface area contributed by atoms with Crippen molar-refractivity contribution in [3.8, 4) is 0 Å². The molecule has 1 aromatic heterocycles. The number of thioether (sulfide) groups is 1. The van der Waals surface area contributed by atoms with Crippen molar-refractivity contribution >= 4 is 45.5 Å². The molecule has 36 heavy (non-hydrogen) atoms. The van der Waals surface area contributed by atoms with Gasteiger partial charge in [0.05, 0.1) is 5.92 Å². The lowest BCUT2D eigenvalue weighted by molar-refractivity contribution is -0.120. The molecule has 190 valence electrons. The topological polar surface area (TPSA) is 92.5 Å². The summed E-state index contributed by atoms with van der Waals surface area (Å²) >= 11 is 1.60. The molecule has 1 aliphatic heterocycles. The van der Waals surface area contributed by atoms with E-state index in [-0.39, 0.29) is 23.1 Å². The molecule has 0 aliphatic carbocycles. The average molecular weight is 526 g/mol. The van der Waals surface area contributed by atoms with Crippen LogP contribution in [-0.2, 0) is 14.8 Å². The van der Waals surface area contributed by atoms with Gasteiger partial charge in [-0.2, -0.15) is 4.31 Å². The molecule has 7 nitrogen and oxygen atoms in total. The number of amides is 1. The third kappa shape index (κ3) is 5.74. The molecule has 0 saturated carbocycles. The summed E-state index contributed by atoms with van der Waals surface area (Å²) in [7, 11) is -3.91. The second-order valence-electron chi connectivity index (χ2n) is 9.08. The maximum Gasteiger partial charge on any atom is 0.248 e. The van der Waals surface area contributed by atoms with Crippen LogP contribution in [0, 0.1) is 26.7 Å². The van der Waals surface area contributed by atoms with Crippen LogP contribution in [0.3, 0.4) is 0 Å². The molecule has 9 heteroatoms. The first kappa shape index (κ1) is 26.2. The highest BCUT2D eigenvalue weighted by atomic mass is 32.2. The minimum absolute atomic E-state index is 0.0535. The summed E-state index contributed by atoms with van der Waals surface area (Å²) < 4.78 is 34.2. The van der Waals surface area contributed by atoms with Crippen molar-refractivity contribution in [2.75, 3.05) is 24.7 Å². The molecular weight excluding hydrogens is 494 g/mol. The molecule has 1 N–H and O–H groups in total. The zero-order chi connectivity index (χ0) is 25.9. The van der Waals surface area contributed by atoms with Gasteiger partial charge in [-0.3, -0.25) is 4.79 Å². The zero-order valence-corrected chi connectivity index (χ0v) is 22.6. The Bertz CT molecular complexity index is 1400. The molecule has 2 aromatic carbocycles. The average Bonchev–Trinajstić information content (AvgIpc) is 3.25. The number of carbonyl (C=O) groups is 1. The van der Waals surface area contributed by atoms with E-state index >= 15 is 0 Å². The monoisotopic (exact) mass is 525 g/mol. The predicted molar refractivity (Wildman–Crippen MR) is 144 cm³/mol. The number of sulfonamides is 1. The number of piperidine rings is 1. The van der Waals surface area contributed by atoms with Gasteiger partial charge in [-0.05, 0) is 75.3 Å². The molecule has 1 atom stereocenters. The van der Waals surface area contributed by atoms with Crippen molar-refractivity contribution in [3.05, 3.63) is 70.6 Å². The van der Waals surface area contributed by atoms with Crippen molar-refractivity contribution in [1.29, 1.82) is 0 Å². The minimum atomic E-state index is -3.91. The van der Waals surface area contributed by atoms with Crippen molar-refractivity contribution < 1.29 is 17.7 Å². The number of hydrogen-bond acceptors (Lipinski definition) is 6. The first-order chi connectivity index (χ1) is 17.2. The predicted octanol–water partition coefficient (Wildman–Crippen LogP) is 5.53. The molecule has 1 amide bonds. The van der Waals surface area contributed by atoms with Gasteiger partial charge in [-0.1, -0.05) is 41.1 Å². The van der Waals surface area contributed by atoms with Crippen LogP contribution in [0.15, 0.2) is 56.8 Å². The lowest BCUT2D eigenvalue weighted by Crippen LogP contribution is -2.43. The number of rotatable bonds is 7. The normalized spacial score (nSPS) is 16.9. The molecule has 1 saturated heterocycles. The molecular formula is C27H31N3O4S2. The summed E-state index contributed by atoms with van der Waals surface area (Å²) in [5, 5.41) is 6.89. The second-order valence-corrected chi connectivity index (χ2v) is 11.8. The SMILES string of the molecule is CSc1cccc(NC(=O)C2CCCN(S(=O)(=O)c3c(C)noc3C=Cc3cc(C)ccc3C)C2)c1. The van der Waals surface area contributed by atoms with Gasteiger partial charge in [0, 0.05) is 23.7 Å². The van der Waals surface area contributed by atoms with Crippen molar-refractivity contribution in [1.82, 2.24) is 9.46 Å². The second kappa shape index (κ2) is 11.0. The van der Waals surface area contributed by atoms with Crippen LogP contribution in [0.2, 0.25) is 0 Å². The number of aromatic nitrogens is 1. The summed E-state index contributed by atoms with van der Waals surface area (Å²) in [5.41, 5.74) is 4.18. The van der Waals surface area contributed by atoms with Crippen molar-refractivity contribution in [2.24, 2.45) is 5.92 Å². The first-order valence-corrected chi connectivity index (χ1v) is 14.5. The Hall–Kier alpha value is -2.88. The van der Waals surface area contributed by atoms with E-state index in [1.165, 1.54) is 4.31 Å². The van der Waals surface area contributed by atoms with Crippen LogP contribution < -0.4 is 5.32 Å². The largest absolute Gasteiger partial charge is 0.355 e. The van der Waals surface area contributed by atoms with Crippen LogP contribution in [-0.4, -0.2) is 43.1 Å². The number of anilines is 1. The molecule has 1 aliphatic rings. The quantitative estimate of drug-likeness (QED) is 0.408. The molecule has 1 fully saturated rings. The van der Waals surface area contributed by atoms with Gasteiger partial charge >= 0.3 is 0 Å². The lowest BCUT2D eigenvalue weighted by Gasteiger charge is -2.31. The van der Waals surface area contributed by atoms with E-state index in [1.807, 2.05) is 68.6 Å². The molecule has 0 radical (unpaired) electrons. The van der Waals surface area contributed by atoms with Crippen LogP contribution in [0.4, 0.5) is 5.69 Å². The van der Waals surface area contributed by atoms with Gasteiger partial charge < -0.3 is 9.84 Å². The van der Waals surface area contributed by atoms with Crippen LogP contribution in [0.1, 0.15) is 41.0 Å². The highest BCUT2D eigenvalue weighted by molar-refractivity contribution is 7.98. The minimum Gasteiger partial charge on any atom is -0.355 e. The van der Waals surface area contributed by atoms with Crippen LogP contribution >= 0.6 is 11.8 Å². The maximum atomic E-state index is 13.7. The standard InChI is InChI=1S/C27H31N3O4S2/c1-18-10-11-19(2)21(15-18)12-13-25-26(20(3)29-34-25)36(32,33)30-14-6-7-22(17-30)27(31)28-23-8-5-9-24(16-23)35-4/h5,8-13,15-16,22H,6-7,14,17H2,1-4H3,(H,28,31). The Labute approximate surface area is 217 Å². The van der Waals surface area contributed by atoms with E-state index in [1.54, 1.807) is 24.8 Å². The van der Waals surface area contributed by atoms with Gasteiger partial charge in [-0.15, -0.1) is 11.8 Å². The van der Waals surface area contributed by atoms with E-state index in [0.29, 0.717) is 30.8 Å². The van der Waals surface area contributed by atoms with E-state index in [4.69, 9.17) is 4.52 Å². The summed E-state index contributed by atoms with van der Waals surface area (Å²) in [6, 6.07) is 13.7. The number of nitrogens with zero attached hydrogens (tertiary/aromatic N) is 2. The van der Waals surface area contributed by atoms with Gasteiger partial charge in [-0.25, -0.2) is 8.42 Å². The Kier molecular flexibility index (Phi) is 8.02. The fourth-order valence-corrected chi connectivity index (χ4v) is 6.59. The van der Waals surface area contributed by atoms with Crippen molar-refractivity contribution in [2.45, 2.75) is 43.4 Å². The molecule has 0 bridgehead atoms. The Morgan fingerprint density at radius 1 is 1.17 bits per heavy atom. The van der Waals surface area contributed by atoms with E-state index in [9.17, 15) is 13.2 Å². The number of benzene rings is 2. The zero-order valence-electron chi connectivity index (χ0n) is 20.9. The van der Waals surface area contributed by atoms with E-state index in [2.05, 4.69) is 10.5 Å². The molecule has 1 unspecified atom stereocenters. The lowest BCUT2D eigenvalue weighted by atomic mass is 9.99. The third-order valence-corrected chi connectivity index (χ3v) is 9.12. The number of aryl methyl sites for hydroxylation is 3. The van der Waals surface area contributed by atoms with Gasteiger partial charge in [0.25, 0.3) is 0 Å². The first-order valence-electron chi connectivity index (χ1n) is 11.9. The summed E-state index contributed by atoms with van der Waals surface area (Å²) in [5.74, 6) is -0.431. The fourth-order valence-electron chi connectivity index (χ4n) is 4.35. The van der Waals surface area contributed by atoms with Crippen LogP contribution in [0.5, 0.6) is 0 Å². The molecule has 0 spiro atoms. The van der Waals surface area contributed by atoms with Crippen LogP contribution in [0.25, 0.3) is 12.2 Å². The Balaban J connectivity index is 1.54. The highest BCUT2D eigenvalue weighted by Gasteiger charge is 2.37. The Morgan fingerprint density at radius 3 is 2.75 bits per heavy atom. The summed E-state index contributed by atoms with van der Waals surface area (Å²) in [4.78, 5) is 14.1. The van der Waals surface area contributed by atoms with E-state index < -0.39 is 15.9 Å². The highest BCUT2D eigenvalue weighted by Crippen LogP contribution is 2.30. The number of hydrogen-bond donors (Lipinski definition) is 1. The Morgan fingerprint density at radius 2 is 1.97 bits per heavy atom. The maximum absolute atomic E-state index is 13.7. The molecule has 2 heterocycles. The van der Waals surface area contributed by atoms with Gasteiger partial charge in [0.15, 0.2) is 10.7 Å². The summed E-state index contributed by atoms with van der Waals surface area (Å²) in [6.07, 6.45) is 6.70. The summed E-state index contributed by atoms with van der Waals surface area (Å²) in [6.45, 7) is 6.09. The number of nitrogens with one attached hydrogen (secondary N) is 1. The van der Waals surface area contributed by atoms with Gasteiger partial charge in [0.1, 0.15) is 5.69 Å². The molecule has 4 rings (SSSR count). The fraction of sp³-hybridized carbons (Fsp3) is 0.333. The van der Waals surface area contributed by atoms with E-state index in [0.717, 1.165) is 21.6 Å². The smallest absolute Gasteiger partial charge is 0.248 e. The number of carbonyl (C=O) groups excluding carboxylic acids is 1. The van der Waals surface area contributed by atoms with Crippen molar-refractivity contribution in [3.63, 3.8) is 0 Å². The molecule has 3 aromatic rings. The third-order valence-electron chi connectivity index (χ3n) is 6.37.